The number of nitrogens with zero attached hydrogens (tertiary/aromatic N) is 1. The average molecular weight is 551 g/mol. The van der Waals surface area contributed by atoms with Crippen LogP contribution in [0.15, 0.2) is 113 Å². The highest BCUT2D eigenvalue weighted by atomic mass is 16.3. The summed E-state index contributed by atoms with van der Waals surface area (Å²) in [5.74, 6) is -0.306. The Morgan fingerprint density at radius 2 is 1.38 bits per heavy atom. The van der Waals surface area contributed by atoms with Gasteiger partial charge < -0.3 is 10.0 Å². The van der Waals surface area contributed by atoms with E-state index in [4.69, 9.17) is 0 Å². The van der Waals surface area contributed by atoms with Crippen LogP contribution in [0.3, 0.4) is 0 Å². The zero-order chi connectivity index (χ0) is 29.6. The van der Waals surface area contributed by atoms with Gasteiger partial charge in [0.25, 0.3) is 0 Å². The van der Waals surface area contributed by atoms with Crippen molar-refractivity contribution in [2.45, 2.75) is 58.8 Å². The summed E-state index contributed by atoms with van der Waals surface area (Å²) in [6, 6.07) is 25.6. The molecular weight excluding hydrogens is 514 g/mol. The number of carbonyl (C=O) groups excluding carboxylic acids is 1. The number of rotatable bonds is 4. The molecule has 0 aromatic heterocycles. The third kappa shape index (κ3) is 3.43. The number of carbonyl (C=O) groups is 1. The third-order valence-corrected chi connectivity index (χ3v) is 9.85. The van der Waals surface area contributed by atoms with Gasteiger partial charge in [0.2, 0.25) is 0 Å². The molecule has 0 N–H and O–H groups in total. The van der Waals surface area contributed by atoms with Crippen LogP contribution in [0.25, 0.3) is 27.1 Å². The third-order valence-electron chi connectivity index (χ3n) is 9.85. The van der Waals surface area contributed by atoms with Crippen LogP contribution in [0.5, 0.6) is 0 Å². The van der Waals surface area contributed by atoms with Gasteiger partial charge in [0, 0.05) is 39.9 Å². The van der Waals surface area contributed by atoms with Crippen LogP contribution in [0, 0.1) is 0 Å². The van der Waals surface area contributed by atoms with Crippen LogP contribution < -0.4 is 10.0 Å². The minimum atomic E-state index is -0.354. The first kappa shape index (κ1) is 26.5. The van der Waals surface area contributed by atoms with E-state index in [1.807, 2.05) is 12.2 Å². The number of benzene rings is 4. The maximum Gasteiger partial charge on any atom is 0.191 e. The quantitative estimate of drug-likeness (QED) is 0.240. The van der Waals surface area contributed by atoms with Crippen LogP contribution in [-0.2, 0) is 15.6 Å². The van der Waals surface area contributed by atoms with E-state index in [9.17, 15) is 9.90 Å². The van der Waals surface area contributed by atoms with Crippen LogP contribution >= 0.6 is 0 Å². The maximum absolute atomic E-state index is 13.7. The van der Waals surface area contributed by atoms with Crippen LogP contribution in [0.4, 0.5) is 5.69 Å². The van der Waals surface area contributed by atoms with Gasteiger partial charge in [-0.2, -0.15) is 0 Å². The van der Waals surface area contributed by atoms with Gasteiger partial charge in [0.15, 0.2) is 5.78 Å². The van der Waals surface area contributed by atoms with E-state index in [-0.39, 0.29) is 27.9 Å². The fourth-order valence-corrected chi connectivity index (χ4v) is 7.82. The monoisotopic (exact) mass is 550 g/mol. The number of allylic oxidation sites excluding steroid dienone is 7. The van der Waals surface area contributed by atoms with Crippen molar-refractivity contribution in [3.05, 3.63) is 130 Å². The van der Waals surface area contributed by atoms with Crippen molar-refractivity contribution in [3.63, 3.8) is 0 Å². The fraction of sp³-hybridized carbons (Fsp3) is 0.256. The van der Waals surface area contributed by atoms with Gasteiger partial charge in [-0.25, -0.2) is 0 Å². The zero-order valence-corrected chi connectivity index (χ0v) is 25.3. The molecule has 42 heavy (non-hydrogen) atoms. The fourth-order valence-electron chi connectivity index (χ4n) is 7.82. The average Bonchev–Trinajstić information content (AvgIpc) is 3.36. The van der Waals surface area contributed by atoms with E-state index in [2.05, 4.69) is 119 Å². The summed E-state index contributed by atoms with van der Waals surface area (Å²) in [7, 11) is 0. The molecule has 1 heterocycles. The van der Waals surface area contributed by atoms with E-state index in [0.29, 0.717) is 5.57 Å². The molecule has 0 spiro atoms. The molecule has 0 bridgehead atoms. The molecule has 3 aliphatic rings. The van der Waals surface area contributed by atoms with Gasteiger partial charge in [0.1, 0.15) is 0 Å². The molecule has 210 valence electrons. The number of fused-ring (bicyclic) bond motifs is 6. The SMILES string of the molecule is CCC1=C(C=C2C(=O)C(/C=C3/N(CC)c4ccc5ccccc5c4C3(C)C)=C2[O-])C(C)(C)c2c1ccc1ccccc21. The normalized spacial score (nSPS) is 20.7. The lowest BCUT2D eigenvalue weighted by atomic mass is 9.76. The largest absolute Gasteiger partial charge is 0.871 e. The molecule has 3 nitrogen and oxygen atoms in total. The molecule has 0 atom stereocenters. The molecule has 7 rings (SSSR count). The Kier molecular flexibility index (Phi) is 5.72. The van der Waals surface area contributed by atoms with Crippen molar-refractivity contribution in [1.29, 1.82) is 0 Å². The molecule has 0 saturated carbocycles. The summed E-state index contributed by atoms with van der Waals surface area (Å²) in [4.78, 5) is 16.0. The summed E-state index contributed by atoms with van der Waals surface area (Å²) in [5, 5.41) is 18.6. The summed E-state index contributed by atoms with van der Waals surface area (Å²) in [6.45, 7) is 13.9. The van der Waals surface area contributed by atoms with Gasteiger partial charge in [0.05, 0.1) is 0 Å². The Labute approximate surface area is 248 Å². The zero-order valence-electron chi connectivity index (χ0n) is 25.3. The molecule has 0 fully saturated rings. The second-order valence-electron chi connectivity index (χ2n) is 12.8. The maximum atomic E-state index is 13.7. The van der Waals surface area contributed by atoms with Crippen molar-refractivity contribution >= 4 is 38.6 Å². The van der Waals surface area contributed by atoms with Crippen molar-refractivity contribution in [2.24, 2.45) is 0 Å². The number of hydrogen-bond donors (Lipinski definition) is 0. The molecule has 2 aliphatic carbocycles. The highest BCUT2D eigenvalue weighted by Crippen LogP contribution is 2.53. The topological polar surface area (TPSA) is 43.4 Å². The van der Waals surface area contributed by atoms with Crippen molar-refractivity contribution < 1.29 is 9.90 Å². The second-order valence-corrected chi connectivity index (χ2v) is 12.8. The van der Waals surface area contributed by atoms with Gasteiger partial charge >= 0.3 is 0 Å². The number of anilines is 1. The van der Waals surface area contributed by atoms with Gasteiger partial charge in [-0.1, -0.05) is 107 Å². The smallest absolute Gasteiger partial charge is 0.191 e. The van der Waals surface area contributed by atoms with Gasteiger partial charge in [-0.15, -0.1) is 0 Å². The standard InChI is InChI=1S/C39H37NO2/c1-7-25-28-19-17-23-13-9-11-15-26(23)34(28)38(3,4)31(25)21-29-36(41)30(37(29)42)22-33-39(5,6)35-27-16-12-10-14-24(27)18-20-32(35)40(33)8-2/h9-22,41H,7-8H2,1-6H3/p-1/b29-21?,33-22+. The van der Waals surface area contributed by atoms with Crippen molar-refractivity contribution in [1.82, 2.24) is 0 Å². The molecule has 1 aliphatic heterocycles. The summed E-state index contributed by atoms with van der Waals surface area (Å²) >= 11 is 0. The second kappa shape index (κ2) is 9.06. The first-order valence-electron chi connectivity index (χ1n) is 15.1. The van der Waals surface area contributed by atoms with Crippen LogP contribution in [0.1, 0.15) is 64.7 Å². The number of Topliss-reactive ketones (excluding diaryl/α,β-unsaturated/α-hetero) is 1. The highest BCUT2D eigenvalue weighted by Gasteiger charge is 2.43. The molecular formula is C39H36NO2-. The Balaban J connectivity index is 1.33. The van der Waals surface area contributed by atoms with Crippen LogP contribution in [0.2, 0.25) is 0 Å². The van der Waals surface area contributed by atoms with E-state index in [1.165, 1.54) is 43.8 Å². The van der Waals surface area contributed by atoms with Crippen LogP contribution in [-0.4, -0.2) is 12.3 Å². The molecule has 0 unspecified atom stereocenters. The first-order chi connectivity index (χ1) is 20.1. The molecule has 4 aromatic rings. The van der Waals surface area contributed by atoms with Crippen molar-refractivity contribution in [3.8, 4) is 0 Å². The lowest BCUT2D eigenvalue weighted by Gasteiger charge is -2.33. The summed E-state index contributed by atoms with van der Waals surface area (Å²) in [5.41, 5.74) is 8.13. The number of likely N-dealkylation sites (N-methyl/N-ethyl adjacent to an activating group) is 1. The van der Waals surface area contributed by atoms with E-state index in [0.717, 1.165) is 29.9 Å². The Morgan fingerprint density at radius 3 is 2.00 bits per heavy atom. The minimum Gasteiger partial charge on any atom is -0.871 e. The van der Waals surface area contributed by atoms with E-state index < -0.39 is 0 Å². The van der Waals surface area contributed by atoms with Gasteiger partial charge in [-0.3, -0.25) is 4.79 Å². The predicted octanol–water partition coefficient (Wildman–Crippen LogP) is 8.27. The van der Waals surface area contributed by atoms with E-state index >= 15 is 0 Å². The molecule has 4 aromatic carbocycles. The highest BCUT2D eigenvalue weighted by molar-refractivity contribution is 6.21. The molecule has 0 radical (unpaired) electrons. The Morgan fingerprint density at radius 1 is 0.762 bits per heavy atom. The summed E-state index contributed by atoms with van der Waals surface area (Å²) in [6.07, 6.45) is 4.61. The predicted molar refractivity (Wildman–Crippen MR) is 172 cm³/mol. The lowest BCUT2D eigenvalue weighted by molar-refractivity contribution is -0.300. The first-order valence-corrected chi connectivity index (χ1v) is 15.1. The number of hydrogen-bond acceptors (Lipinski definition) is 3. The molecule has 0 amide bonds. The van der Waals surface area contributed by atoms with Gasteiger partial charge in [-0.05, 0) is 80.9 Å². The molecule has 3 heteroatoms. The Bertz CT molecular complexity index is 1980. The lowest BCUT2D eigenvalue weighted by Crippen LogP contribution is -2.32. The summed E-state index contributed by atoms with van der Waals surface area (Å²) < 4.78 is 0. The Hall–Kier alpha value is -4.37. The minimum absolute atomic E-state index is 0.153. The number of ketones is 1. The van der Waals surface area contributed by atoms with E-state index in [1.54, 1.807) is 0 Å². The van der Waals surface area contributed by atoms with Crippen molar-refractivity contribution in [2.75, 3.05) is 11.4 Å². The molecule has 0 saturated heterocycles.